The van der Waals surface area contributed by atoms with Gasteiger partial charge in [0.25, 0.3) is 11.2 Å². The van der Waals surface area contributed by atoms with Gasteiger partial charge in [-0.2, -0.15) is 0 Å². The molecular weight excluding hydrogens is 326 g/mol. The van der Waals surface area contributed by atoms with Gasteiger partial charge in [0.2, 0.25) is 0 Å². The van der Waals surface area contributed by atoms with E-state index in [9.17, 15) is 19.7 Å². The summed E-state index contributed by atoms with van der Waals surface area (Å²) in [7, 11) is 0. The zero-order valence-electron chi connectivity index (χ0n) is 13.1. The van der Waals surface area contributed by atoms with E-state index in [-0.39, 0.29) is 23.6 Å². The Morgan fingerprint density at radius 3 is 2.76 bits per heavy atom. The maximum atomic E-state index is 12.7. The number of carbonyl (C=O) groups is 1. The van der Waals surface area contributed by atoms with Crippen molar-refractivity contribution >= 4 is 22.6 Å². The Bertz CT molecular complexity index is 1060. The van der Waals surface area contributed by atoms with E-state index in [2.05, 4.69) is 9.97 Å². The third-order valence-electron chi connectivity index (χ3n) is 4.31. The van der Waals surface area contributed by atoms with Gasteiger partial charge in [-0.15, -0.1) is 0 Å². The van der Waals surface area contributed by atoms with Crippen molar-refractivity contribution < 1.29 is 9.72 Å². The summed E-state index contributed by atoms with van der Waals surface area (Å²) >= 11 is 0. The van der Waals surface area contributed by atoms with Crippen molar-refractivity contribution in [2.75, 3.05) is 0 Å². The normalized spacial score (nSPS) is 13.1. The lowest BCUT2D eigenvalue weighted by atomic mass is 10.1. The highest BCUT2D eigenvalue weighted by atomic mass is 16.6. The first kappa shape index (κ1) is 15.2. The van der Waals surface area contributed by atoms with Crippen molar-refractivity contribution in [3.05, 3.63) is 62.4 Å². The molecule has 1 aromatic carbocycles. The van der Waals surface area contributed by atoms with Crippen LogP contribution >= 0.6 is 0 Å². The molecule has 4 rings (SSSR count). The number of rotatable bonds is 4. The van der Waals surface area contributed by atoms with Crippen molar-refractivity contribution in [3.63, 3.8) is 0 Å². The molecule has 0 unspecified atom stereocenters. The number of non-ortho nitro benzene ring substituents is 1. The molecule has 0 amide bonds. The standard InChI is InChI=1S/C16H13N5O4/c22-12(10-3-5-11(6-4-10)21(24)25)8-19-9-17-15-14(16(19)23)20-7-1-2-13(20)18-15/h3-6,9H,1-2,7-8H2. The molecule has 0 N–H and O–H groups in total. The maximum Gasteiger partial charge on any atom is 0.280 e. The molecule has 126 valence electrons. The van der Waals surface area contributed by atoms with Gasteiger partial charge in [-0.1, -0.05) is 0 Å². The first-order chi connectivity index (χ1) is 12.0. The van der Waals surface area contributed by atoms with Crippen LogP contribution < -0.4 is 5.56 Å². The fourth-order valence-corrected chi connectivity index (χ4v) is 3.05. The number of ketones is 1. The van der Waals surface area contributed by atoms with Crippen molar-refractivity contribution in [2.45, 2.75) is 25.9 Å². The maximum absolute atomic E-state index is 12.7. The van der Waals surface area contributed by atoms with E-state index in [4.69, 9.17) is 0 Å². The summed E-state index contributed by atoms with van der Waals surface area (Å²) in [5.41, 5.74) is 0.730. The second-order valence-corrected chi connectivity index (χ2v) is 5.86. The minimum Gasteiger partial charge on any atom is -0.322 e. The summed E-state index contributed by atoms with van der Waals surface area (Å²) in [4.78, 5) is 43.7. The van der Waals surface area contributed by atoms with Gasteiger partial charge in [0, 0.05) is 30.7 Å². The topological polar surface area (TPSA) is 113 Å². The van der Waals surface area contributed by atoms with Gasteiger partial charge in [-0.3, -0.25) is 24.3 Å². The molecule has 0 aliphatic carbocycles. The summed E-state index contributed by atoms with van der Waals surface area (Å²) in [6.07, 6.45) is 3.07. The van der Waals surface area contributed by atoms with Gasteiger partial charge in [-0.25, -0.2) is 9.97 Å². The van der Waals surface area contributed by atoms with Gasteiger partial charge in [0.05, 0.1) is 11.5 Å². The molecular formula is C16H13N5O4. The highest BCUT2D eigenvalue weighted by Crippen LogP contribution is 2.18. The quantitative estimate of drug-likeness (QED) is 0.402. The number of nitro benzene ring substituents is 1. The lowest BCUT2D eigenvalue weighted by Gasteiger charge is -2.05. The van der Waals surface area contributed by atoms with Crippen LogP contribution in [0.15, 0.2) is 35.4 Å². The molecule has 0 saturated heterocycles. The zero-order chi connectivity index (χ0) is 17.6. The Hall–Kier alpha value is -3.36. The zero-order valence-corrected chi connectivity index (χ0v) is 13.1. The summed E-state index contributed by atoms with van der Waals surface area (Å²) in [5, 5.41) is 10.7. The van der Waals surface area contributed by atoms with Crippen LogP contribution in [0.1, 0.15) is 22.6 Å². The van der Waals surface area contributed by atoms with E-state index in [1.54, 1.807) is 0 Å². The summed E-state index contributed by atoms with van der Waals surface area (Å²) in [6.45, 7) is 0.545. The predicted octanol–water partition coefficient (Wildman–Crippen LogP) is 1.33. The second-order valence-electron chi connectivity index (χ2n) is 5.86. The lowest BCUT2D eigenvalue weighted by Crippen LogP contribution is -2.26. The number of hydrogen-bond acceptors (Lipinski definition) is 6. The monoisotopic (exact) mass is 339 g/mol. The first-order valence-electron chi connectivity index (χ1n) is 7.77. The fraction of sp³-hybridized carbons (Fsp3) is 0.250. The molecule has 0 bridgehead atoms. The number of carbonyl (C=O) groups excluding carboxylic acids is 1. The van der Waals surface area contributed by atoms with E-state index in [0.29, 0.717) is 16.7 Å². The van der Waals surface area contributed by atoms with Crippen LogP contribution in [0.4, 0.5) is 5.69 Å². The van der Waals surface area contributed by atoms with Crippen molar-refractivity contribution in [3.8, 4) is 0 Å². The van der Waals surface area contributed by atoms with Gasteiger partial charge in [0.1, 0.15) is 12.2 Å². The molecule has 2 aromatic heterocycles. The van der Waals surface area contributed by atoms with E-state index < -0.39 is 4.92 Å². The van der Waals surface area contributed by atoms with Crippen LogP contribution in [-0.2, 0) is 19.5 Å². The van der Waals surface area contributed by atoms with Crippen molar-refractivity contribution in [2.24, 2.45) is 0 Å². The van der Waals surface area contributed by atoms with E-state index in [1.807, 2.05) is 4.57 Å². The number of nitro groups is 1. The molecule has 9 heteroatoms. The van der Waals surface area contributed by atoms with Crippen LogP contribution in [-0.4, -0.2) is 29.8 Å². The number of aryl methyl sites for hydroxylation is 2. The highest BCUT2D eigenvalue weighted by Gasteiger charge is 2.21. The van der Waals surface area contributed by atoms with Gasteiger partial charge in [-0.05, 0) is 18.6 Å². The van der Waals surface area contributed by atoms with Gasteiger partial charge in [0.15, 0.2) is 16.9 Å². The number of fused-ring (bicyclic) bond motifs is 3. The molecule has 9 nitrogen and oxygen atoms in total. The number of benzene rings is 1. The van der Waals surface area contributed by atoms with Crippen LogP contribution in [0.2, 0.25) is 0 Å². The van der Waals surface area contributed by atoms with Crippen molar-refractivity contribution in [1.82, 2.24) is 19.1 Å². The average molecular weight is 339 g/mol. The van der Waals surface area contributed by atoms with E-state index in [0.717, 1.165) is 25.2 Å². The SMILES string of the molecule is O=C(Cn1cnc2nc3n(c2c1=O)CCC3)c1ccc([N+](=O)[O-])cc1. The second kappa shape index (κ2) is 5.62. The molecule has 0 fully saturated rings. The molecule has 0 spiro atoms. The highest BCUT2D eigenvalue weighted by molar-refractivity contribution is 5.96. The number of Topliss-reactive ketones (excluding diaryl/α,β-unsaturated/α-hetero) is 1. The number of imidazole rings is 1. The molecule has 1 aliphatic rings. The van der Waals surface area contributed by atoms with Crippen LogP contribution in [0.3, 0.4) is 0 Å². The van der Waals surface area contributed by atoms with Crippen LogP contribution in [0.5, 0.6) is 0 Å². The molecule has 0 atom stereocenters. The minimum atomic E-state index is -0.531. The van der Waals surface area contributed by atoms with Gasteiger partial charge >= 0.3 is 0 Å². The van der Waals surface area contributed by atoms with Crippen LogP contribution in [0.25, 0.3) is 11.2 Å². The Morgan fingerprint density at radius 2 is 2.04 bits per heavy atom. The average Bonchev–Trinajstić information content (AvgIpc) is 3.18. The van der Waals surface area contributed by atoms with E-state index >= 15 is 0 Å². The summed E-state index contributed by atoms with van der Waals surface area (Å²) in [6, 6.07) is 5.30. The molecule has 0 radical (unpaired) electrons. The molecule has 25 heavy (non-hydrogen) atoms. The molecule has 3 heterocycles. The third-order valence-corrected chi connectivity index (χ3v) is 4.31. The third kappa shape index (κ3) is 2.49. The largest absolute Gasteiger partial charge is 0.322 e. The first-order valence-corrected chi connectivity index (χ1v) is 7.77. The van der Waals surface area contributed by atoms with E-state index in [1.165, 1.54) is 35.2 Å². The fourth-order valence-electron chi connectivity index (χ4n) is 3.05. The molecule has 3 aromatic rings. The minimum absolute atomic E-state index is 0.0911. The Labute approximate surface area is 140 Å². The molecule has 1 aliphatic heterocycles. The summed E-state index contributed by atoms with van der Waals surface area (Å²) < 4.78 is 3.11. The Morgan fingerprint density at radius 1 is 1.28 bits per heavy atom. The smallest absolute Gasteiger partial charge is 0.280 e. The Kier molecular flexibility index (Phi) is 3.41. The van der Waals surface area contributed by atoms with Gasteiger partial charge < -0.3 is 4.57 Å². The van der Waals surface area contributed by atoms with Crippen LogP contribution in [0, 0.1) is 10.1 Å². The summed E-state index contributed by atoms with van der Waals surface area (Å²) in [5.74, 6) is 0.526. The molecule has 0 saturated carbocycles. The van der Waals surface area contributed by atoms with Crippen molar-refractivity contribution in [1.29, 1.82) is 0 Å². The predicted molar refractivity (Wildman–Crippen MR) is 87.5 cm³/mol. The number of nitrogens with zero attached hydrogens (tertiary/aromatic N) is 5. The number of hydrogen-bond donors (Lipinski definition) is 0. The number of aromatic nitrogens is 4. The Balaban J connectivity index is 1.66. The lowest BCUT2D eigenvalue weighted by molar-refractivity contribution is -0.384.